The van der Waals surface area contributed by atoms with Crippen LogP contribution in [0.15, 0.2) is 35.7 Å². The average Bonchev–Trinajstić information content (AvgIpc) is 3.04. The van der Waals surface area contributed by atoms with Gasteiger partial charge in [0.15, 0.2) is 4.77 Å². The van der Waals surface area contributed by atoms with Gasteiger partial charge in [0.1, 0.15) is 6.07 Å². The Kier molecular flexibility index (Phi) is 3.43. The van der Waals surface area contributed by atoms with Crippen molar-refractivity contribution in [2.45, 2.75) is 19.4 Å². The number of thiophene rings is 1. The van der Waals surface area contributed by atoms with Crippen molar-refractivity contribution in [2.75, 3.05) is 0 Å². The van der Waals surface area contributed by atoms with Crippen LogP contribution in [0.1, 0.15) is 23.4 Å². The molecule has 3 aromatic rings. The Morgan fingerprint density at radius 1 is 1.40 bits per heavy atom. The lowest BCUT2D eigenvalue weighted by Gasteiger charge is -2.13. The van der Waals surface area contributed by atoms with Crippen molar-refractivity contribution in [1.29, 1.82) is 5.26 Å². The van der Waals surface area contributed by atoms with Crippen molar-refractivity contribution in [3.05, 3.63) is 50.9 Å². The second-order valence-electron chi connectivity index (χ2n) is 4.74. The zero-order valence-electron chi connectivity index (χ0n) is 11.0. The number of nitrogens with one attached hydrogen (secondary N) is 1. The lowest BCUT2D eigenvalue weighted by atomic mass is 10.1. The maximum absolute atomic E-state index is 9.17. The van der Waals surface area contributed by atoms with Gasteiger partial charge in [-0.1, -0.05) is 12.1 Å². The molecule has 0 aliphatic carbocycles. The van der Waals surface area contributed by atoms with Gasteiger partial charge in [0, 0.05) is 17.3 Å². The summed E-state index contributed by atoms with van der Waals surface area (Å²) < 4.78 is 2.78. The van der Waals surface area contributed by atoms with Crippen molar-refractivity contribution in [1.82, 2.24) is 9.55 Å². The summed E-state index contributed by atoms with van der Waals surface area (Å²) in [5.74, 6) is 0. The van der Waals surface area contributed by atoms with E-state index >= 15 is 0 Å². The molecule has 1 atom stereocenters. The largest absolute Gasteiger partial charge is 0.329 e. The van der Waals surface area contributed by atoms with Crippen LogP contribution in [-0.4, -0.2) is 9.55 Å². The molecule has 3 rings (SSSR count). The first-order valence-corrected chi connectivity index (χ1v) is 7.65. The van der Waals surface area contributed by atoms with E-state index in [-0.39, 0.29) is 6.04 Å². The Bertz CT molecular complexity index is 834. The molecular formula is C15H13N3S2. The molecule has 1 aromatic carbocycles. The van der Waals surface area contributed by atoms with Gasteiger partial charge >= 0.3 is 0 Å². The van der Waals surface area contributed by atoms with Gasteiger partial charge < -0.3 is 9.55 Å². The van der Waals surface area contributed by atoms with Crippen LogP contribution in [-0.2, 0) is 6.42 Å². The first-order valence-electron chi connectivity index (χ1n) is 6.36. The fraction of sp³-hybridized carbons (Fsp3) is 0.200. The van der Waals surface area contributed by atoms with Crippen LogP contribution < -0.4 is 0 Å². The molecule has 2 heterocycles. The summed E-state index contributed by atoms with van der Waals surface area (Å²) in [6.45, 7) is 2.15. The van der Waals surface area contributed by atoms with Gasteiger partial charge in [0.25, 0.3) is 0 Å². The van der Waals surface area contributed by atoms with Crippen molar-refractivity contribution in [2.24, 2.45) is 0 Å². The molecule has 0 amide bonds. The summed E-state index contributed by atoms with van der Waals surface area (Å²) in [5.41, 5.74) is 2.46. The van der Waals surface area contributed by atoms with Crippen LogP contribution in [0.3, 0.4) is 0 Å². The van der Waals surface area contributed by atoms with Gasteiger partial charge in [0.05, 0.1) is 16.6 Å². The Hall–Kier alpha value is -1.90. The molecule has 0 aliphatic heterocycles. The molecule has 3 nitrogen and oxygen atoms in total. The zero-order valence-corrected chi connectivity index (χ0v) is 12.6. The van der Waals surface area contributed by atoms with Gasteiger partial charge in [-0.2, -0.15) is 5.26 Å². The SMILES string of the molecule is CC(Cc1cccs1)n1c(=S)[nH]c2c(C#N)cccc21. The van der Waals surface area contributed by atoms with Crippen molar-refractivity contribution in [3.63, 3.8) is 0 Å². The number of nitrogens with zero attached hydrogens (tertiary/aromatic N) is 2. The predicted octanol–water partition coefficient (Wildman–Crippen LogP) is 4.44. The van der Waals surface area contributed by atoms with E-state index in [0.717, 1.165) is 17.5 Å². The third kappa shape index (κ3) is 2.17. The highest BCUT2D eigenvalue weighted by atomic mass is 32.1. The lowest BCUT2D eigenvalue weighted by Crippen LogP contribution is -2.07. The number of H-pyrrole nitrogens is 1. The minimum absolute atomic E-state index is 0.254. The molecule has 5 heteroatoms. The number of rotatable bonds is 3. The van der Waals surface area contributed by atoms with E-state index in [0.29, 0.717) is 10.3 Å². The number of fused-ring (bicyclic) bond motifs is 1. The molecular weight excluding hydrogens is 286 g/mol. The Morgan fingerprint density at radius 3 is 2.95 bits per heavy atom. The van der Waals surface area contributed by atoms with Crippen LogP contribution in [0, 0.1) is 16.1 Å². The summed E-state index contributed by atoms with van der Waals surface area (Å²) in [5, 5.41) is 11.3. The third-order valence-electron chi connectivity index (χ3n) is 3.39. The molecule has 0 fully saturated rings. The zero-order chi connectivity index (χ0) is 14.1. The van der Waals surface area contributed by atoms with Gasteiger partial charge in [-0.05, 0) is 42.7 Å². The smallest absolute Gasteiger partial charge is 0.178 e. The van der Waals surface area contributed by atoms with E-state index < -0.39 is 0 Å². The van der Waals surface area contributed by atoms with E-state index in [4.69, 9.17) is 12.2 Å². The monoisotopic (exact) mass is 299 g/mol. The molecule has 1 N–H and O–H groups in total. The normalized spacial score (nSPS) is 12.4. The second-order valence-corrected chi connectivity index (χ2v) is 6.16. The molecule has 100 valence electrons. The summed E-state index contributed by atoms with van der Waals surface area (Å²) >= 11 is 7.19. The lowest BCUT2D eigenvalue weighted by molar-refractivity contribution is 0.557. The highest BCUT2D eigenvalue weighted by molar-refractivity contribution is 7.71. The number of benzene rings is 1. The summed E-state index contributed by atoms with van der Waals surface area (Å²) in [6, 6.07) is 12.4. The maximum atomic E-state index is 9.17. The summed E-state index contributed by atoms with van der Waals surface area (Å²) in [6.07, 6.45) is 0.940. The number of hydrogen-bond acceptors (Lipinski definition) is 3. The summed E-state index contributed by atoms with van der Waals surface area (Å²) in [4.78, 5) is 4.50. The first kappa shape index (κ1) is 13.1. The number of aromatic nitrogens is 2. The van der Waals surface area contributed by atoms with Crippen molar-refractivity contribution < 1.29 is 0 Å². The van der Waals surface area contributed by atoms with E-state index in [1.165, 1.54) is 4.88 Å². The van der Waals surface area contributed by atoms with Gasteiger partial charge in [-0.3, -0.25) is 0 Å². The molecule has 0 aliphatic rings. The Morgan fingerprint density at radius 2 is 2.25 bits per heavy atom. The molecule has 0 spiro atoms. The number of hydrogen-bond donors (Lipinski definition) is 1. The average molecular weight is 299 g/mol. The predicted molar refractivity (Wildman–Crippen MR) is 84.6 cm³/mol. The molecule has 0 saturated heterocycles. The van der Waals surface area contributed by atoms with Crippen LogP contribution in [0.5, 0.6) is 0 Å². The van der Waals surface area contributed by atoms with Crippen molar-refractivity contribution in [3.8, 4) is 6.07 Å². The molecule has 1 unspecified atom stereocenters. The molecule has 0 saturated carbocycles. The van der Waals surface area contributed by atoms with Crippen LogP contribution in [0.4, 0.5) is 0 Å². The fourth-order valence-electron chi connectivity index (χ4n) is 2.49. The summed E-state index contributed by atoms with van der Waals surface area (Å²) in [7, 11) is 0. The number of imidazole rings is 1. The molecule has 0 bridgehead atoms. The number of para-hydroxylation sites is 1. The molecule has 2 aromatic heterocycles. The van der Waals surface area contributed by atoms with Gasteiger partial charge in [-0.15, -0.1) is 11.3 Å². The molecule has 20 heavy (non-hydrogen) atoms. The topological polar surface area (TPSA) is 44.5 Å². The van der Waals surface area contributed by atoms with E-state index in [9.17, 15) is 5.26 Å². The second kappa shape index (κ2) is 5.23. The third-order valence-corrected chi connectivity index (χ3v) is 4.59. The quantitative estimate of drug-likeness (QED) is 0.727. The van der Waals surface area contributed by atoms with Gasteiger partial charge in [0.2, 0.25) is 0 Å². The highest BCUT2D eigenvalue weighted by Crippen LogP contribution is 2.25. The maximum Gasteiger partial charge on any atom is 0.178 e. The fourth-order valence-corrected chi connectivity index (χ4v) is 3.70. The van der Waals surface area contributed by atoms with Crippen molar-refractivity contribution >= 4 is 34.6 Å². The van der Waals surface area contributed by atoms with E-state index in [1.807, 2.05) is 18.2 Å². The standard InChI is InChI=1S/C15H13N3S2/c1-10(8-12-5-3-7-20-12)18-13-6-2-4-11(9-16)14(13)17-15(18)19/h2-7,10H,8H2,1H3,(H,17,19). The van der Waals surface area contributed by atoms with E-state index in [2.05, 4.69) is 40.1 Å². The Balaban J connectivity index is 2.10. The first-order chi connectivity index (χ1) is 9.70. The molecule has 0 radical (unpaired) electrons. The van der Waals surface area contributed by atoms with Crippen LogP contribution >= 0.6 is 23.6 Å². The number of aromatic amines is 1. The van der Waals surface area contributed by atoms with Gasteiger partial charge in [-0.25, -0.2) is 0 Å². The van der Waals surface area contributed by atoms with Crippen LogP contribution in [0.2, 0.25) is 0 Å². The number of nitriles is 1. The Labute approximate surface area is 126 Å². The van der Waals surface area contributed by atoms with Crippen LogP contribution in [0.25, 0.3) is 11.0 Å². The van der Waals surface area contributed by atoms with E-state index in [1.54, 1.807) is 11.3 Å². The minimum Gasteiger partial charge on any atom is -0.329 e. The highest BCUT2D eigenvalue weighted by Gasteiger charge is 2.14. The minimum atomic E-state index is 0.254.